The van der Waals surface area contributed by atoms with Crippen molar-refractivity contribution in [2.45, 2.75) is 0 Å². The molecule has 0 bridgehead atoms. The van der Waals surface area contributed by atoms with Gasteiger partial charge in [-0.1, -0.05) is 0 Å². The Hall–Kier alpha value is 1.14. The molecule has 0 unspecified atom stereocenters. The molecule has 14 heavy (non-hydrogen) atoms. The van der Waals surface area contributed by atoms with E-state index in [1.807, 2.05) is 0 Å². The smallest absolute Gasteiger partial charge is 0 e. The average Bonchev–Trinajstić information content (AvgIpc) is 0. The third kappa shape index (κ3) is 1490. The first-order chi connectivity index (χ1) is 0. The van der Waals surface area contributed by atoms with Crippen molar-refractivity contribution in [2.75, 3.05) is 0 Å². The Kier molecular flexibility index (Phi) is 314000. The van der Waals surface area contributed by atoms with E-state index < -0.39 is 0 Å². The SMILES string of the molecule is [CH3-].[CH3-].[CH3-].[CH3-].[CH3-].[CH3-].[CH3-].[CH3-].[Ir].[Ir].[NH2-].[NH2-].[NH2-].[NH2-]. The molecule has 0 rings (SSSR count). The minimum Gasteiger partial charge on any atom is -0.693 e. The number of hydrogen-bond donors (Lipinski definition) is 0. The maximum Gasteiger partial charge on any atom is 0 e. The van der Waals surface area contributed by atoms with E-state index in [-0.39, 0.29) is 124 Å². The molecule has 8 N–H and O–H groups in total. The van der Waals surface area contributed by atoms with Crippen LogP contribution in [0.15, 0.2) is 0 Å². The summed E-state index contributed by atoms with van der Waals surface area (Å²) in [5.74, 6) is 0. The van der Waals surface area contributed by atoms with Crippen LogP contribution in [0.3, 0.4) is 0 Å². The molecule has 0 aromatic heterocycles. The summed E-state index contributed by atoms with van der Waals surface area (Å²) in [7, 11) is 0. The maximum atomic E-state index is 0. The summed E-state index contributed by atoms with van der Waals surface area (Å²) in [6.45, 7) is 0. The molecule has 0 fully saturated rings. The second-order valence-electron chi connectivity index (χ2n) is 0. The molecular weight excluding hydrogens is 537 g/mol. The summed E-state index contributed by atoms with van der Waals surface area (Å²) in [5, 5.41) is 0. The van der Waals surface area contributed by atoms with Gasteiger partial charge in [-0.3, -0.25) is 0 Å². The summed E-state index contributed by atoms with van der Waals surface area (Å²) >= 11 is 0. The van der Waals surface area contributed by atoms with Crippen LogP contribution in [0.4, 0.5) is 0 Å². The van der Waals surface area contributed by atoms with Crippen molar-refractivity contribution in [2.24, 2.45) is 0 Å². The Morgan fingerprint density at radius 3 is 0.214 bits per heavy atom. The van der Waals surface area contributed by atoms with Gasteiger partial charge in [0.2, 0.25) is 0 Å². The Labute approximate surface area is 124 Å². The zero-order valence-corrected chi connectivity index (χ0v) is 15.8. The van der Waals surface area contributed by atoms with Crippen LogP contribution in [0, 0.1) is 59.4 Å². The van der Waals surface area contributed by atoms with Crippen molar-refractivity contribution in [3.63, 3.8) is 0 Å². The molecule has 4 nitrogen and oxygen atoms in total. The van der Waals surface area contributed by atoms with Crippen molar-refractivity contribution < 1.29 is 40.2 Å². The van der Waals surface area contributed by atoms with Crippen LogP contribution >= 0.6 is 0 Å². The standard InChI is InChI=1S/8CH3.2Ir.4H2N/h8*1H3;;;4*1H2/q8*-1;;;4*-1. The third-order valence-corrected chi connectivity index (χ3v) is 0. The first kappa shape index (κ1) is 2330. The Balaban J connectivity index is 0. The average molecular weight is 569 g/mol. The normalized spacial score (nSPS) is 0. The third-order valence-electron chi connectivity index (χ3n) is 0. The zero-order chi connectivity index (χ0) is 0. The van der Waals surface area contributed by atoms with Crippen LogP contribution in [0.25, 0.3) is 24.6 Å². The minimum absolute atomic E-state index is 0. The fourth-order valence-electron chi connectivity index (χ4n) is 0. The van der Waals surface area contributed by atoms with Gasteiger partial charge in [-0.05, 0) is 0 Å². The fraction of sp³-hybridized carbons (Fsp3) is 0. The molecule has 0 amide bonds. The number of rotatable bonds is 0. The second-order valence-corrected chi connectivity index (χ2v) is 0. The quantitative estimate of drug-likeness (QED) is 0.296. The fourth-order valence-corrected chi connectivity index (χ4v) is 0. The molecule has 0 aromatic carbocycles. The van der Waals surface area contributed by atoms with Crippen molar-refractivity contribution in [3.05, 3.63) is 84.0 Å². The molecule has 0 spiro atoms. The summed E-state index contributed by atoms with van der Waals surface area (Å²) in [5.41, 5.74) is 0. The van der Waals surface area contributed by atoms with E-state index in [0.29, 0.717) is 0 Å². The van der Waals surface area contributed by atoms with Gasteiger partial charge in [-0.25, -0.2) is 0 Å². The Bertz CT molecular complexity index is 19.3. The van der Waals surface area contributed by atoms with Gasteiger partial charge >= 0.3 is 0 Å². The minimum atomic E-state index is 0. The molecule has 2 radical (unpaired) electrons. The largest absolute Gasteiger partial charge is 0.693 e. The van der Waals surface area contributed by atoms with Gasteiger partial charge < -0.3 is 84.0 Å². The first-order valence-corrected chi connectivity index (χ1v) is 0. The predicted octanol–water partition coefficient (Wildman–Crippen LogP) is 6.47. The van der Waals surface area contributed by atoms with Crippen LogP contribution < -0.4 is 0 Å². The van der Waals surface area contributed by atoms with E-state index in [4.69, 9.17) is 0 Å². The molecule has 6 heteroatoms. The molecule has 0 aromatic rings. The van der Waals surface area contributed by atoms with E-state index in [2.05, 4.69) is 0 Å². The zero-order valence-electron chi connectivity index (χ0n) is 11.0. The van der Waals surface area contributed by atoms with Crippen LogP contribution in [-0.4, -0.2) is 0 Å². The Morgan fingerprint density at radius 1 is 0.214 bits per heavy atom. The van der Waals surface area contributed by atoms with Gasteiger partial charge in [0.15, 0.2) is 0 Å². The number of hydrogen-bond acceptors (Lipinski definition) is 0. The van der Waals surface area contributed by atoms with E-state index in [9.17, 15) is 0 Å². The van der Waals surface area contributed by atoms with Crippen molar-refractivity contribution >= 4 is 0 Å². The van der Waals surface area contributed by atoms with Crippen molar-refractivity contribution in [1.82, 2.24) is 0 Å². The van der Waals surface area contributed by atoms with Crippen molar-refractivity contribution in [3.8, 4) is 0 Å². The molecule has 0 heterocycles. The molecule has 0 aliphatic rings. The summed E-state index contributed by atoms with van der Waals surface area (Å²) in [6, 6.07) is 0. The molecule has 0 saturated heterocycles. The predicted molar refractivity (Wildman–Crippen MR) is 72.4 cm³/mol. The molecule has 0 aliphatic carbocycles. The maximum absolute atomic E-state index is 0. The van der Waals surface area contributed by atoms with Gasteiger partial charge in [0.05, 0.1) is 0 Å². The van der Waals surface area contributed by atoms with Gasteiger partial charge in [-0.2, -0.15) is 0 Å². The van der Waals surface area contributed by atoms with E-state index >= 15 is 0 Å². The van der Waals surface area contributed by atoms with Crippen LogP contribution in [-0.2, 0) is 40.2 Å². The first-order valence-electron chi connectivity index (χ1n) is 0. The monoisotopic (exact) mass is 570 g/mol. The van der Waals surface area contributed by atoms with E-state index in [1.165, 1.54) is 0 Å². The van der Waals surface area contributed by atoms with Gasteiger partial charge in [0, 0.05) is 40.2 Å². The summed E-state index contributed by atoms with van der Waals surface area (Å²) in [4.78, 5) is 0. The molecule has 0 saturated carbocycles. The molecule has 114 valence electrons. The summed E-state index contributed by atoms with van der Waals surface area (Å²) in [6.07, 6.45) is 0. The molecule has 0 atom stereocenters. The number of nitrogens with two attached hydrogens (primary N) is 4. The van der Waals surface area contributed by atoms with E-state index in [0.717, 1.165) is 0 Å². The van der Waals surface area contributed by atoms with Gasteiger partial charge in [-0.15, -0.1) is 0 Å². The van der Waals surface area contributed by atoms with Crippen molar-refractivity contribution in [1.29, 1.82) is 0 Å². The molecule has 0 aliphatic heterocycles. The molecular formula is C8H32Ir2N4-12. The van der Waals surface area contributed by atoms with Gasteiger partial charge in [0.25, 0.3) is 0 Å². The van der Waals surface area contributed by atoms with Crippen LogP contribution in [0.5, 0.6) is 0 Å². The van der Waals surface area contributed by atoms with Crippen LogP contribution in [0.1, 0.15) is 0 Å². The second kappa shape index (κ2) is 1880. The topological polar surface area (TPSA) is 134 Å². The van der Waals surface area contributed by atoms with Gasteiger partial charge in [0.1, 0.15) is 0 Å². The Morgan fingerprint density at radius 2 is 0.214 bits per heavy atom. The summed E-state index contributed by atoms with van der Waals surface area (Å²) < 4.78 is 0. The van der Waals surface area contributed by atoms with Crippen LogP contribution in [0.2, 0.25) is 0 Å². The van der Waals surface area contributed by atoms with E-state index in [1.54, 1.807) is 0 Å².